The molecule has 0 saturated carbocycles. The second-order valence-corrected chi connectivity index (χ2v) is 3.73. The first-order valence-corrected chi connectivity index (χ1v) is 4.91. The number of halogens is 2. The zero-order chi connectivity index (χ0) is 11.0. The highest BCUT2D eigenvalue weighted by Gasteiger charge is 2.15. The molecule has 2 rings (SSSR count). The van der Waals surface area contributed by atoms with Gasteiger partial charge in [0.2, 0.25) is 0 Å². The smallest absolute Gasteiger partial charge is 0.339 e. The molecule has 0 radical (unpaired) electrons. The van der Waals surface area contributed by atoms with Crippen molar-refractivity contribution in [3.63, 3.8) is 0 Å². The van der Waals surface area contributed by atoms with Gasteiger partial charge in [0.05, 0.1) is 23.2 Å². The van der Waals surface area contributed by atoms with E-state index in [1.165, 1.54) is 11.2 Å². The van der Waals surface area contributed by atoms with E-state index < -0.39 is 5.97 Å². The minimum atomic E-state index is -0.472. The normalized spacial score (nSPS) is 10.6. The molecule has 5 heteroatoms. The molecule has 0 saturated heterocycles. The number of fused-ring (bicyclic) bond motifs is 1. The Kier molecular flexibility index (Phi) is 2.59. The Labute approximate surface area is 96.3 Å². The lowest BCUT2D eigenvalue weighted by molar-refractivity contribution is 0.0601. The fourth-order valence-electron chi connectivity index (χ4n) is 1.42. The van der Waals surface area contributed by atoms with Gasteiger partial charge in [0.1, 0.15) is 0 Å². The van der Waals surface area contributed by atoms with Gasteiger partial charge in [-0.1, -0.05) is 17.7 Å². The summed E-state index contributed by atoms with van der Waals surface area (Å²) in [6, 6.07) is 5.20. The summed E-state index contributed by atoms with van der Waals surface area (Å²) in [5, 5.41) is 1.18. The van der Waals surface area contributed by atoms with Crippen LogP contribution in [0.5, 0.6) is 0 Å². The molecule has 0 fully saturated rings. The third-order valence-corrected chi connectivity index (χ3v) is 2.82. The molecular formula is C10H7Cl2NO2. The van der Waals surface area contributed by atoms with Gasteiger partial charge in [-0.2, -0.15) is 0 Å². The highest BCUT2D eigenvalue weighted by atomic mass is 35.5. The standard InChI is InChI=1S/C10H7Cl2NO2/c1-15-10(14)7-3-2-6-4-5-13(12)9(6)8(7)11/h2-5H,1H3. The van der Waals surface area contributed by atoms with Crippen LogP contribution in [0, 0.1) is 0 Å². The van der Waals surface area contributed by atoms with E-state index in [2.05, 4.69) is 4.74 Å². The minimum Gasteiger partial charge on any atom is -0.465 e. The van der Waals surface area contributed by atoms with Crippen LogP contribution in [-0.2, 0) is 4.74 Å². The van der Waals surface area contributed by atoms with Gasteiger partial charge in [0, 0.05) is 23.4 Å². The van der Waals surface area contributed by atoms with E-state index in [1.54, 1.807) is 18.3 Å². The molecular weight excluding hydrogens is 237 g/mol. The zero-order valence-electron chi connectivity index (χ0n) is 7.83. The van der Waals surface area contributed by atoms with Crippen LogP contribution in [0.1, 0.15) is 10.4 Å². The lowest BCUT2D eigenvalue weighted by Gasteiger charge is -2.04. The van der Waals surface area contributed by atoms with Gasteiger partial charge in [-0.3, -0.25) is 4.09 Å². The first kappa shape index (κ1) is 10.3. The first-order chi connectivity index (χ1) is 7.15. The van der Waals surface area contributed by atoms with E-state index in [4.69, 9.17) is 23.4 Å². The lowest BCUT2D eigenvalue weighted by Crippen LogP contribution is -2.02. The number of carbonyl (C=O) groups excluding carboxylic acids is 1. The fraction of sp³-hybridized carbons (Fsp3) is 0.100. The Bertz CT molecular complexity index is 533. The number of esters is 1. The van der Waals surface area contributed by atoms with Gasteiger partial charge < -0.3 is 4.74 Å². The van der Waals surface area contributed by atoms with Gasteiger partial charge in [-0.15, -0.1) is 0 Å². The summed E-state index contributed by atoms with van der Waals surface area (Å²) in [4.78, 5) is 11.4. The number of hydrogen-bond donors (Lipinski definition) is 0. The van der Waals surface area contributed by atoms with E-state index in [-0.39, 0.29) is 0 Å². The summed E-state index contributed by atoms with van der Waals surface area (Å²) in [6.07, 6.45) is 1.67. The van der Waals surface area contributed by atoms with Crippen molar-refractivity contribution in [2.24, 2.45) is 0 Å². The predicted molar refractivity (Wildman–Crippen MR) is 59.5 cm³/mol. The molecule has 0 unspecified atom stereocenters. The third kappa shape index (κ3) is 1.58. The molecule has 0 aliphatic carbocycles. The number of carbonyl (C=O) groups is 1. The molecule has 0 amide bonds. The third-order valence-electron chi connectivity index (χ3n) is 2.15. The molecule has 1 aromatic heterocycles. The maximum absolute atomic E-state index is 11.4. The van der Waals surface area contributed by atoms with E-state index in [0.29, 0.717) is 16.1 Å². The van der Waals surface area contributed by atoms with Crippen LogP contribution < -0.4 is 0 Å². The number of rotatable bonds is 1. The second-order valence-electron chi connectivity index (χ2n) is 2.98. The summed E-state index contributed by atoms with van der Waals surface area (Å²) in [7, 11) is 1.31. The first-order valence-electron chi connectivity index (χ1n) is 4.19. The van der Waals surface area contributed by atoms with Crippen molar-refractivity contribution in [1.82, 2.24) is 4.09 Å². The topological polar surface area (TPSA) is 31.2 Å². The van der Waals surface area contributed by atoms with E-state index >= 15 is 0 Å². The van der Waals surface area contributed by atoms with Crippen LogP contribution in [0.4, 0.5) is 0 Å². The highest BCUT2D eigenvalue weighted by molar-refractivity contribution is 6.39. The molecule has 1 heterocycles. The van der Waals surface area contributed by atoms with Crippen LogP contribution in [0.25, 0.3) is 10.9 Å². The average Bonchev–Trinajstić information content (AvgIpc) is 2.61. The number of benzene rings is 1. The Balaban J connectivity index is 2.74. The molecule has 0 N–H and O–H groups in total. The van der Waals surface area contributed by atoms with Gasteiger partial charge in [0.25, 0.3) is 0 Å². The molecule has 0 spiro atoms. The van der Waals surface area contributed by atoms with Crippen LogP contribution in [0.2, 0.25) is 5.02 Å². The molecule has 2 aromatic rings. The SMILES string of the molecule is COC(=O)c1ccc2ccn(Cl)c2c1Cl. The molecule has 78 valence electrons. The van der Waals surface area contributed by atoms with Crippen LogP contribution >= 0.6 is 23.4 Å². The maximum Gasteiger partial charge on any atom is 0.339 e. The number of hydrogen-bond acceptors (Lipinski definition) is 2. The number of aromatic nitrogens is 1. The molecule has 1 aromatic carbocycles. The van der Waals surface area contributed by atoms with Crippen LogP contribution in [0.15, 0.2) is 24.4 Å². The molecule has 0 atom stereocenters. The molecule has 15 heavy (non-hydrogen) atoms. The Hall–Kier alpha value is -1.19. The summed E-state index contributed by atoms with van der Waals surface area (Å²) in [5.41, 5.74) is 0.925. The van der Waals surface area contributed by atoms with Crippen molar-refractivity contribution in [3.05, 3.63) is 35.0 Å². The quantitative estimate of drug-likeness (QED) is 0.722. The van der Waals surface area contributed by atoms with Crippen LogP contribution in [0.3, 0.4) is 0 Å². The van der Waals surface area contributed by atoms with Crippen molar-refractivity contribution in [1.29, 1.82) is 0 Å². The second kappa shape index (κ2) is 3.76. The van der Waals surface area contributed by atoms with Gasteiger partial charge in [-0.05, 0) is 12.1 Å². The van der Waals surface area contributed by atoms with E-state index in [1.807, 2.05) is 6.07 Å². The highest BCUT2D eigenvalue weighted by Crippen LogP contribution is 2.29. The Morgan fingerprint density at radius 1 is 1.40 bits per heavy atom. The molecule has 0 bridgehead atoms. The molecule has 3 nitrogen and oxygen atoms in total. The average molecular weight is 244 g/mol. The number of ether oxygens (including phenoxy) is 1. The predicted octanol–water partition coefficient (Wildman–Crippen LogP) is 3.08. The lowest BCUT2D eigenvalue weighted by atomic mass is 10.1. The van der Waals surface area contributed by atoms with Crippen molar-refractivity contribution >= 4 is 40.2 Å². The van der Waals surface area contributed by atoms with E-state index in [9.17, 15) is 4.79 Å². The van der Waals surface area contributed by atoms with Crippen LogP contribution in [-0.4, -0.2) is 17.2 Å². The monoisotopic (exact) mass is 243 g/mol. The minimum absolute atomic E-state index is 0.305. The summed E-state index contributed by atoms with van der Waals surface area (Å²) in [6.45, 7) is 0. The summed E-state index contributed by atoms with van der Waals surface area (Å²) >= 11 is 11.9. The van der Waals surface area contributed by atoms with Crippen molar-refractivity contribution in [3.8, 4) is 0 Å². The number of nitrogens with zero attached hydrogens (tertiary/aromatic N) is 1. The zero-order valence-corrected chi connectivity index (χ0v) is 9.34. The van der Waals surface area contributed by atoms with Crippen molar-refractivity contribution in [2.75, 3.05) is 7.11 Å². The fourth-order valence-corrected chi connectivity index (χ4v) is 2.04. The molecule has 0 aliphatic heterocycles. The van der Waals surface area contributed by atoms with Gasteiger partial charge in [0.15, 0.2) is 0 Å². The Morgan fingerprint density at radius 3 is 2.80 bits per heavy atom. The maximum atomic E-state index is 11.4. The summed E-state index contributed by atoms with van der Waals surface area (Å²) in [5.74, 6) is -0.472. The Morgan fingerprint density at radius 2 is 2.13 bits per heavy atom. The molecule has 0 aliphatic rings. The van der Waals surface area contributed by atoms with E-state index in [0.717, 1.165) is 5.39 Å². The van der Waals surface area contributed by atoms with Crippen molar-refractivity contribution in [2.45, 2.75) is 0 Å². The van der Waals surface area contributed by atoms with Gasteiger partial charge >= 0.3 is 5.97 Å². The summed E-state index contributed by atoms with van der Waals surface area (Å²) < 4.78 is 5.96. The van der Waals surface area contributed by atoms with Crippen molar-refractivity contribution < 1.29 is 9.53 Å². The van der Waals surface area contributed by atoms with Gasteiger partial charge in [-0.25, -0.2) is 4.79 Å². The largest absolute Gasteiger partial charge is 0.465 e. The number of methoxy groups -OCH3 is 1.